The Morgan fingerprint density at radius 2 is 2.19 bits per heavy atom. The van der Waals surface area contributed by atoms with Gasteiger partial charge in [0.2, 0.25) is 0 Å². The average molecular weight is 250 g/mol. The van der Waals surface area contributed by atoms with E-state index in [1.165, 1.54) is 0 Å². The van der Waals surface area contributed by atoms with Crippen molar-refractivity contribution >= 4 is 17.6 Å². The Kier molecular flexibility index (Phi) is 4.20. The molecule has 0 saturated carbocycles. The van der Waals surface area contributed by atoms with E-state index < -0.39 is 23.6 Å². The standard InChI is InChI=1S/C10H10ClF2NO2/c1-16-10(15)8(14)4-5-7(12)3-2-6(11)9(5)13/h2-3,8H,4,14H2,1H3. The second kappa shape index (κ2) is 5.23. The van der Waals surface area contributed by atoms with Crippen molar-refractivity contribution in [1.29, 1.82) is 0 Å². The first-order chi connectivity index (χ1) is 7.47. The summed E-state index contributed by atoms with van der Waals surface area (Å²) in [7, 11) is 1.15. The van der Waals surface area contributed by atoms with Gasteiger partial charge < -0.3 is 10.5 Å². The molecule has 1 aromatic rings. The first-order valence-electron chi connectivity index (χ1n) is 4.43. The van der Waals surface area contributed by atoms with Crippen molar-refractivity contribution in [3.8, 4) is 0 Å². The first kappa shape index (κ1) is 12.9. The Labute approximate surface area is 96.1 Å². The van der Waals surface area contributed by atoms with E-state index in [1.807, 2.05) is 0 Å². The monoisotopic (exact) mass is 249 g/mol. The van der Waals surface area contributed by atoms with Gasteiger partial charge in [0.1, 0.15) is 17.7 Å². The van der Waals surface area contributed by atoms with Crippen molar-refractivity contribution in [2.24, 2.45) is 5.73 Å². The minimum Gasteiger partial charge on any atom is -0.468 e. The lowest BCUT2D eigenvalue weighted by Gasteiger charge is -2.11. The van der Waals surface area contributed by atoms with E-state index in [1.54, 1.807) is 0 Å². The Bertz CT molecular complexity index is 412. The summed E-state index contributed by atoms with van der Waals surface area (Å²) in [6.07, 6.45) is -0.301. The summed E-state index contributed by atoms with van der Waals surface area (Å²) >= 11 is 5.48. The van der Waals surface area contributed by atoms with E-state index in [-0.39, 0.29) is 17.0 Å². The van der Waals surface area contributed by atoms with Gasteiger partial charge in [0.25, 0.3) is 0 Å². The van der Waals surface area contributed by atoms with Crippen LogP contribution in [0.2, 0.25) is 5.02 Å². The summed E-state index contributed by atoms with van der Waals surface area (Å²) in [5.41, 5.74) is 5.08. The topological polar surface area (TPSA) is 52.3 Å². The fourth-order valence-electron chi connectivity index (χ4n) is 1.21. The summed E-state index contributed by atoms with van der Waals surface area (Å²) in [6, 6.07) is 0.997. The summed E-state index contributed by atoms with van der Waals surface area (Å²) in [5, 5.41) is -0.214. The Hall–Kier alpha value is -1.20. The molecule has 88 valence electrons. The fraction of sp³-hybridized carbons (Fsp3) is 0.300. The van der Waals surface area contributed by atoms with Crippen LogP contribution < -0.4 is 5.73 Å². The first-order valence-corrected chi connectivity index (χ1v) is 4.81. The Morgan fingerprint density at radius 3 is 2.75 bits per heavy atom. The van der Waals surface area contributed by atoms with Gasteiger partial charge in [-0.3, -0.25) is 4.79 Å². The second-order valence-electron chi connectivity index (χ2n) is 3.16. The molecule has 0 bridgehead atoms. The van der Waals surface area contributed by atoms with E-state index >= 15 is 0 Å². The summed E-state index contributed by atoms with van der Waals surface area (Å²) in [5.74, 6) is -2.43. The van der Waals surface area contributed by atoms with Gasteiger partial charge in [-0.2, -0.15) is 0 Å². The highest BCUT2D eigenvalue weighted by Gasteiger charge is 2.20. The largest absolute Gasteiger partial charge is 0.468 e. The fourth-order valence-corrected chi connectivity index (χ4v) is 1.39. The number of nitrogens with two attached hydrogens (primary N) is 1. The molecule has 0 aliphatic rings. The zero-order chi connectivity index (χ0) is 12.3. The van der Waals surface area contributed by atoms with Crippen LogP contribution in [-0.2, 0) is 16.0 Å². The van der Waals surface area contributed by atoms with Gasteiger partial charge in [-0.15, -0.1) is 0 Å². The van der Waals surface area contributed by atoms with Gasteiger partial charge in [-0.1, -0.05) is 11.6 Å². The zero-order valence-electron chi connectivity index (χ0n) is 8.47. The molecule has 3 nitrogen and oxygen atoms in total. The molecule has 0 heterocycles. The van der Waals surface area contributed by atoms with E-state index in [9.17, 15) is 13.6 Å². The highest BCUT2D eigenvalue weighted by atomic mass is 35.5. The summed E-state index contributed by atoms with van der Waals surface area (Å²) < 4.78 is 31.0. The molecule has 2 N–H and O–H groups in total. The maximum Gasteiger partial charge on any atom is 0.322 e. The quantitative estimate of drug-likeness (QED) is 0.655. The Balaban J connectivity index is 2.97. The minimum absolute atomic E-state index is 0.214. The van der Waals surface area contributed by atoms with Crippen LogP contribution in [0.1, 0.15) is 5.56 Å². The van der Waals surface area contributed by atoms with E-state index in [0.717, 1.165) is 19.2 Å². The number of carbonyl (C=O) groups excluding carboxylic acids is 1. The second-order valence-corrected chi connectivity index (χ2v) is 3.56. The molecule has 0 fully saturated rings. The van der Waals surface area contributed by atoms with Gasteiger partial charge in [0, 0.05) is 12.0 Å². The van der Waals surface area contributed by atoms with Crippen LogP contribution in [0, 0.1) is 11.6 Å². The molecule has 1 rings (SSSR count). The van der Waals surface area contributed by atoms with Crippen molar-refractivity contribution in [2.45, 2.75) is 12.5 Å². The van der Waals surface area contributed by atoms with Gasteiger partial charge >= 0.3 is 5.97 Å². The maximum atomic E-state index is 13.4. The van der Waals surface area contributed by atoms with Crippen molar-refractivity contribution in [1.82, 2.24) is 0 Å². The molecule has 0 saturated heterocycles. The summed E-state index contributed by atoms with van der Waals surface area (Å²) in [6.45, 7) is 0. The third-order valence-corrected chi connectivity index (χ3v) is 2.36. The van der Waals surface area contributed by atoms with Crippen LogP contribution in [0.25, 0.3) is 0 Å². The lowest BCUT2D eigenvalue weighted by Crippen LogP contribution is -2.34. The van der Waals surface area contributed by atoms with Crippen molar-refractivity contribution in [3.63, 3.8) is 0 Å². The number of halogens is 3. The molecule has 1 unspecified atom stereocenters. The van der Waals surface area contributed by atoms with Crippen LogP contribution in [0.4, 0.5) is 8.78 Å². The molecular weight excluding hydrogens is 240 g/mol. The number of benzene rings is 1. The van der Waals surface area contributed by atoms with Gasteiger partial charge in [-0.05, 0) is 12.1 Å². The molecule has 0 spiro atoms. The Morgan fingerprint density at radius 1 is 1.56 bits per heavy atom. The number of esters is 1. The third kappa shape index (κ3) is 2.68. The van der Waals surface area contributed by atoms with Crippen molar-refractivity contribution < 1.29 is 18.3 Å². The minimum atomic E-state index is -1.12. The van der Waals surface area contributed by atoms with Crippen molar-refractivity contribution in [3.05, 3.63) is 34.4 Å². The van der Waals surface area contributed by atoms with Crippen LogP contribution in [0.5, 0.6) is 0 Å². The normalized spacial score (nSPS) is 12.3. The maximum absolute atomic E-state index is 13.4. The van der Waals surface area contributed by atoms with Crippen LogP contribution in [0.3, 0.4) is 0 Å². The van der Waals surface area contributed by atoms with Crippen molar-refractivity contribution in [2.75, 3.05) is 7.11 Å². The van der Waals surface area contributed by atoms with E-state index in [2.05, 4.69) is 4.74 Å². The zero-order valence-corrected chi connectivity index (χ0v) is 9.22. The number of hydrogen-bond donors (Lipinski definition) is 1. The van der Waals surface area contributed by atoms with Crippen LogP contribution in [-0.4, -0.2) is 19.1 Å². The SMILES string of the molecule is COC(=O)C(N)Cc1c(F)ccc(Cl)c1F. The van der Waals surface area contributed by atoms with Gasteiger partial charge in [0.05, 0.1) is 12.1 Å². The number of methoxy groups -OCH3 is 1. The molecule has 0 aliphatic carbocycles. The van der Waals surface area contributed by atoms with Crippen LogP contribution >= 0.6 is 11.6 Å². The number of hydrogen-bond acceptors (Lipinski definition) is 3. The molecule has 0 radical (unpaired) electrons. The molecule has 1 atom stereocenters. The van der Waals surface area contributed by atoms with E-state index in [0.29, 0.717) is 0 Å². The number of rotatable bonds is 3. The number of carbonyl (C=O) groups is 1. The highest BCUT2D eigenvalue weighted by Crippen LogP contribution is 2.22. The molecule has 6 heteroatoms. The summed E-state index contributed by atoms with van der Waals surface area (Å²) in [4.78, 5) is 11.0. The number of ether oxygens (including phenoxy) is 1. The van der Waals surface area contributed by atoms with E-state index in [4.69, 9.17) is 17.3 Å². The molecular formula is C10H10ClF2NO2. The third-order valence-electron chi connectivity index (χ3n) is 2.07. The lowest BCUT2D eigenvalue weighted by atomic mass is 10.1. The van der Waals surface area contributed by atoms with Crippen LogP contribution in [0.15, 0.2) is 12.1 Å². The lowest BCUT2D eigenvalue weighted by molar-refractivity contribution is -0.142. The molecule has 16 heavy (non-hydrogen) atoms. The molecule has 0 aliphatic heterocycles. The molecule has 0 amide bonds. The highest BCUT2D eigenvalue weighted by molar-refractivity contribution is 6.30. The molecule has 1 aromatic carbocycles. The average Bonchev–Trinajstić information content (AvgIpc) is 2.28. The van der Waals surface area contributed by atoms with Gasteiger partial charge in [-0.25, -0.2) is 8.78 Å². The predicted molar refractivity (Wildman–Crippen MR) is 55.1 cm³/mol. The predicted octanol–water partition coefficient (Wildman–Crippen LogP) is 1.66. The van der Waals surface area contributed by atoms with Gasteiger partial charge in [0.15, 0.2) is 0 Å². The smallest absolute Gasteiger partial charge is 0.322 e. The molecule has 0 aromatic heterocycles.